The molecule has 0 spiro atoms. The molecular weight excluding hydrogens is 433 g/mol. The van der Waals surface area contributed by atoms with Gasteiger partial charge < -0.3 is 9.84 Å². The molecule has 1 aromatic carbocycles. The van der Waals surface area contributed by atoms with Crippen LogP contribution in [0.5, 0.6) is 5.75 Å². The summed E-state index contributed by atoms with van der Waals surface area (Å²) in [6.07, 6.45) is 3.60. The smallest absolute Gasteiger partial charge is 0.496 e. The van der Waals surface area contributed by atoms with E-state index >= 15 is 0 Å². The average Bonchev–Trinajstić information content (AvgIpc) is 2.67. The number of allylic oxidation sites excluding steroid dienone is 1. The Balaban J connectivity index is 2.23. The van der Waals surface area contributed by atoms with Crippen LogP contribution >= 0.6 is 0 Å². The standard InChI is InChI=1S/C22H29F3O5S/c1-13(2)15-10-14-6-7-18-20(3,4)9-8-19(26)21(18,16(14)11-17(15)29-5)12-30-31(27,28)22(23,24)25/h6-7,10-11,13,18-19,26H,8-9,12H2,1-5H3/t18-,19+,21-/m1/s1. The fraction of sp³-hybridized carbons (Fsp3) is 0.636. The van der Waals surface area contributed by atoms with Crippen LogP contribution in [0.25, 0.3) is 6.08 Å². The third kappa shape index (κ3) is 3.89. The number of ether oxygens (including phenoxy) is 1. The van der Waals surface area contributed by atoms with E-state index in [1.807, 2.05) is 45.9 Å². The van der Waals surface area contributed by atoms with Crippen molar-refractivity contribution in [3.8, 4) is 5.75 Å². The molecule has 31 heavy (non-hydrogen) atoms. The molecule has 3 atom stereocenters. The van der Waals surface area contributed by atoms with Crippen LogP contribution in [-0.4, -0.2) is 38.9 Å². The van der Waals surface area contributed by atoms with E-state index in [4.69, 9.17) is 4.74 Å². The molecule has 1 saturated carbocycles. The van der Waals surface area contributed by atoms with E-state index in [0.717, 1.165) is 5.56 Å². The van der Waals surface area contributed by atoms with Crippen molar-refractivity contribution in [3.05, 3.63) is 34.9 Å². The van der Waals surface area contributed by atoms with Gasteiger partial charge in [0.05, 0.1) is 25.2 Å². The Morgan fingerprint density at radius 3 is 2.45 bits per heavy atom. The van der Waals surface area contributed by atoms with E-state index < -0.39 is 45.1 Å². The van der Waals surface area contributed by atoms with E-state index in [1.165, 1.54) is 7.11 Å². The lowest BCUT2D eigenvalue weighted by atomic mass is 9.50. The Hall–Kier alpha value is -1.58. The van der Waals surface area contributed by atoms with Crippen LogP contribution in [0.1, 0.15) is 63.1 Å². The predicted molar refractivity (Wildman–Crippen MR) is 111 cm³/mol. The molecule has 5 nitrogen and oxygen atoms in total. The molecule has 3 rings (SSSR count). The molecule has 1 N–H and O–H groups in total. The van der Waals surface area contributed by atoms with Crippen molar-refractivity contribution in [2.24, 2.45) is 11.3 Å². The Morgan fingerprint density at radius 2 is 1.90 bits per heavy atom. The molecule has 0 heterocycles. The van der Waals surface area contributed by atoms with E-state index in [2.05, 4.69) is 4.18 Å². The quantitative estimate of drug-likeness (QED) is 0.505. The molecule has 2 aliphatic carbocycles. The SMILES string of the molecule is COc1cc2c(cc1C(C)C)C=C[C@@H]1C(C)(C)CC[C@H](O)[C@]21COS(=O)(=O)C(F)(F)F. The Morgan fingerprint density at radius 1 is 1.26 bits per heavy atom. The van der Waals surface area contributed by atoms with Gasteiger partial charge in [-0.3, -0.25) is 4.18 Å². The molecule has 1 aromatic rings. The van der Waals surface area contributed by atoms with Crippen molar-refractivity contribution in [2.75, 3.05) is 13.7 Å². The Labute approximate surface area is 181 Å². The van der Waals surface area contributed by atoms with E-state index in [-0.39, 0.29) is 5.92 Å². The van der Waals surface area contributed by atoms with E-state index in [0.29, 0.717) is 29.7 Å². The summed E-state index contributed by atoms with van der Waals surface area (Å²) < 4.78 is 72.6. The summed E-state index contributed by atoms with van der Waals surface area (Å²) in [6, 6.07) is 3.61. The number of benzene rings is 1. The van der Waals surface area contributed by atoms with Gasteiger partial charge in [0, 0.05) is 0 Å². The second-order valence-corrected chi connectivity index (χ2v) is 11.0. The van der Waals surface area contributed by atoms with Crippen molar-refractivity contribution in [1.82, 2.24) is 0 Å². The number of hydrogen-bond donors (Lipinski definition) is 1. The van der Waals surface area contributed by atoms with Gasteiger partial charge in [-0.05, 0) is 58.9 Å². The first-order valence-corrected chi connectivity index (χ1v) is 11.6. The van der Waals surface area contributed by atoms with Gasteiger partial charge in [-0.1, -0.05) is 39.8 Å². The molecule has 0 radical (unpaired) electrons. The highest BCUT2D eigenvalue weighted by Gasteiger charge is 2.58. The number of aliphatic hydroxyl groups is 1. The van der Waals surface area contributed by atoms with Crippen LogP contribution in [0.4, 0.5) is 13.2 Å². The summed E-state index contributed by atoms with van der Waals surface area (Å²) in [4.78, 5) is 0. The molecule has 0 bridgehead atoms. The van der Waals surface area contributed by atoms with Crippen molar-refractivity contribution in [3.63, 3.8) is 0 Å². The first-order chi connectivity index (χ1) is 14.2. The third-order valence-corrected chi connectivity index (χ3v) is 7.78. The molecule has 0 amide bonds. The molecule has 0 saturated heterocycles. The van der Waals surface area contributed by atoms with Crippen LogP contribution in [0.2, 0.25) is 0 Å². The second-order valence-electron chi connectivity index (χ2n) is 9.42. The van der Waals surface area contributed by atoms with E-state index in [1.54, 1.807) is 6.07 Å². The average molecular weight is 463 g/mol. The summed E-state index contributed by atoms with van der Waals surface area (Å²) in [7, 11) is -4.32. The number of alkyl halides is 3. The van der Waals surface area contributed by atoms with Gasteiger partial charge in [-0.15, -0.1) is 0 Å². The summed E-state index contributed by atoms with van der Waals surface area (Å²) in [5.41, 5.74) is -5.14. The number of methoxy groups -OCH3 is 1. The van der Waals surface area contributed by atoms with Crippen LogP contribution in [-0.2, 0) is 19.7 Å². The summed E-state index contributed by atoms with van der Waals surface area (Å²) in [5.74, 6) is 0.225. The lowest BCUT2D eigenvalue weighted by Crippen LogP contribution is -2.58. The van der Waals surface area contributed by atoms with Gasteiger partial charge in [0.2, 0.25) is 0 Å². The lowest BCUT2D eigenvalue weighted by Gasteiger charge is -2.55. The number of halogens is 3. The molecule has 0 aromatic heterocycles. The van der Waals surface area contributed by atoms with Gasteiger partial charge in [0.15, 0.2) is 0 Å². The number of hydrogen-bond acceptors (Lipinski definition) is 5. The highest BCUT2D eigenvalue weighted by molar-refractivity contribution is 7.87. The second kappa shape index (κ2) is 7.78. The highest BCUT2D eigenvalue weighted by Crippen LogP contribution is 2.57. The molecular formula is C22H29F3O5S. The summed E-state index contributed by atoms with van der Waals surface area (Å²) in [6.45, 7) is 7.10. The largest absolute Gasteiger partial charge is 0.523 e. The van der Waals surface area contributed by atoms with Gasteiger partial charge in [-0.25, -0.2) is 0 Å². The molecule has 174 valence electrons. The highest BCUT2D eigenvalue weighted by atomic mass is 32.2. The minimum absolute atomic E-state index is 0.122. The maximum Gasteiger partial charge on any atom is 0.523 e. The Kier molecular flexibility index (Phi) is 6.04. The zero-order chi connectivity index (χ0) is 23.4. The molecule has 0 aliphatic heterocycles. The minimum atomic E-state index is -5.82. The van der Waals surface area contributed by atoms with Gasteiger partial charge in [0.1, 0.15) is 5.75 Å². The lowest BCUT2D eigenvalue weighted by molar-refractivity contribution is -0.0763. The molecule has 2 aliphatic rings. The number of fused-ring (bicyclic) bond motifs is 3. The monoisotopic (exact) mass is 462 g/mol. The predicted octanol–water partition coefficient (Wildman–Crippen LogP) is 4.75. The molecule has 0 unspecified atom stereocenters. The molecule has 1 fully saturated rings. The van der Waals surface area contributed by atoms with Gasteiger partial charge in [0.25, 0.3) is 0 Å². The zero-order valence-electron chi connectivity index (χ0n) is 18.3. The first kappa shape index (κ1) is 24.1. The maximum atomic E-state index is 13.0. The van der Waals surface area contributed by atoms with Crippen molar-refractivity contribution in [1.29, 1.82) is 0 Å². The van der Waals surface area contributed by atoms with Crippen LogP contribution in [0.3, 0.4) is 0 Å². The summed E-state index contributed by atoms with van der Waals surface area (Å²) in [5, 5.41) is 11.1. The van der Waals surface area contributed by atoms with Gasteiger partial charge >= 0.3 is 15.6 Å². The minimum Gasteiger partial charge on any atom is -0.496 e. The van der Waals surface area contributed by atoms with Crippen LogP contribution in [0, 0.1) is 11.3 Å². The summed E-state index contributed by atoms with van der Waals surface area (Å²) >= 11 is 0. The van der Waals surface area contributed by atoms with Gasteiger partial charge in [-0.2, -0.15) is 21.6 Å². The van der Waals surface area contributed by atoms with Crippen molar-refractivity contribution >= 4 is 16.2 Å². The fourth-order valence-corrected chi connectivity index (χ4v) is 5.58. The topological polar surface area (TPSA) is 72.8 Å². The number of rotatable bonds is 5. The van der Waals surface area contributed by atoms with Crippen LogP contribution in [0.15, 0.2) is 18.2 Å². The van der Waals surface area contributed by atoms with Crippen molar-refractivity contribution in [2.45, 2.75) is 63.5 Å². The normalized spacial score (nSPS) is 27.7. The van der Waals surface area contributed by atoms with E-state index in [9.17, 15) is 26.7 Å². The van der Waals surface area contributed by atoms with Crippen molar-refractivity contribution < 1.29 is 35.6 Å². The fourth-order valence-electron chi connectivity index (χ4n) is 5.09. The zero-order valence-corrected chi connectivity index (χ0v) is 19.1. The third-order valence-electron chi connectivity index (χ3n) is 6.78. The maximum absolute atomic E-state index is 13.0. The Bertz CT molecular complexity index is 982. The number of aliphatic hydroxyl groups excluding tert-OH is 1. The van der Waals surface area contributed by atoms with Crippen LogP contribution < -0.4 is 4.74 Å². The molecule has 9 heteroatoms. The first-order valence-electron chi connectivity index (χ1n) is 10.2.